The molecule has 0 aliphatic heterocycles. The van der Waals surface area contributed by atoms with E-state index in [9.17, 15) is 4.79 Å². The number of aryl methyl sites for hydroxylation is 1. The SMILES string of the molecule is Cc1cccc(C(N)=O)c1.c1ccc(-c2cncn2C2CCC2)cc1. The molecule has 128 valence electrons. The van der Waals surface area contributed by atoms with E-state index in [1.54, 1.807) is 12.1 Å². The van der Waals surface area contributed by atoms with E-state index in [0.717, 1.165) is 5.56 Å². The van der Waals surface area contributed by atoms with Gasteiger partial charge in [-0.05, 0) is 43.9 Å². The fourth-order valence-corrected chi connectivity index (χ4v) is 2.89. The minimum Gasteiger partial charge on any atom is -0.366 e. The average molecular weight is 333 g/mol. The van der Waals surface area contributed by atoms with E-state index in [0.29, 0.717) is 11.6 Å². The predicted molar refractivity (Wildman–Crippen MR) is 100 cm³/mol. The molecule has 2 aromatic carbocycles. The molecular weight excluding hydrogens is 310 g/mol. The summed E-state index contributed by atoms with van der Waals surface area (Å²) in [6.07, 6.45) is 7.89. The van der Waals surface area contributed by atoms with Crippen LogP contribution in [0.25, 0.3) is 11.3 Å². The van der Waals surface area contributed by atoms with Crippen LogP contribution in [0.5, 0.6) is 0 Å². The van der Waals surface area contributed by atoms with E-state index in [1.807, 2.05) is 37.6 Å². The van der Waals surface area contributed by atoms with Crippen molar-refractivity contribution in [2.45, 2.75) is 32.2 Å². The summed E-state index contributed by atoms with van der Waals surface area (Å²) in [7, 11) is 0. The Labute approximate surface area is 148 Å². The molecule has 0 bridgehead atoms. The fourth-order valence-electron chi connectivity index (χ4n) is 2.89. The van der Waals surface area contributed by atoms with Gasteiger partial charge in [-0.25, -0.2) is 4.98 Å². The highest BCUT2D eigenvalue weighted by atomic mass is 16.1. The van der Waals surface area contributed by atoms with Crippen LogP contribution < -0.4 is 5.73 Å². The first kappa shape index (κ1) is 17.0. The lowest BCUT2D eigenvalue weighted by atomic mass is 9.92. The number of amides is 1. The molecule has 4 heteroatoms. The number of hydrogen-bond donors (Lipinski definition) is 1. The highest BCUT2D eigenvalue weighted by Crippen LogP contribution is 2.34. The number of nitrogens with two attached hydrogens (primary N) is 1. The Hall–Kier alpha value is -2.88. The van der Waals surface area contributed by atoms with Gasteiger partial charge in [-0.1, -0.05) is 48.0 Å². The Kier molecular flexibility index (Phi) is 5.29. The Morgan fingerprint density at radius 3 is 2.44 bits per heavy atom. The van der Waals surface area contributed by atoms with E-state index < -0.39 is 0 Å². The fraction of sp³-hybridized carbons (Fsp3) is 0.238. The molecule has 0 unspecified atom stereocenters. The molecule has 1 aliphatic rings. The van der Waals surface area contributed by atoms with Gasteiger partial charge in [0.1, 0.15) is 0 Å². The maximum atomic E-state index is 10.6. The predicted octanol–water partition coefficient (Wildman–Crippen LogP) is 4.37. The Balaban J connectivity index is 0.000000160. The van der Waals surface area contributed by atoms with Gasteiger partial charge in [0.2, 0.25) is 5.91 Å². The molecule has 1 heterocycles. The molecular formula is C21H23N3O. The lowest BCUT2D eigenvalue weighted by Crippen LogP contribution is -2.16. The summed E-state index contributed by atoms with van der Waals surface area (Å²) in [6, 6.07) is 18.4. The first-order chi connectivity index (χ1) is 12.1. The van der Waals surface area contributed by atoms with Crippen LogP contribution in [0, 0.1) is 6.92 Å². The van der Waals surface area contributed by atoms with Crippen LogP contribution in [-0.4, -0.2) is 15.5 Å². The molecule has 2 N–H and O–H groups in total. The number of primary amides is 1. The standard InChI is InChI=1S/C13H14N2.C8H9NO/c1-2-5-11(6-3-1)13-9-14-10-15(13)12-7-4-8-12;1-6-3-2-4-7(5-6)8(9)10/h1-3,5-6,9-10,12H,4,7-8H2;2-5H,1H3,(H2,9,10). The second-order valence-corrected chi connectivity index (χ2v) is 6.37. The van der Waals surface area contributed by atoms with Crippen molar-refractivity contribution in [1.82, 2.24) is 9.55 Å². The second-order valence-electron chi connectivity index (χ2n) is 6.37. The number of imidazole rings is 1. The van der Waals surface area contributed by atoms with Crippen molar-refractivity contribution in [3.8, 4) is 11.3 Å². The summed E-state index contributed by atoms with van der Waals surface area (Å²) < 4.78 is 2.32. The zero-order valence-electron chi connectivity index (χ0n) is 14.4. The highest BCUT2D eigenvalue weighted by molar-refractivity contribution is 5.92. The number of rotatable bonds is 3. The molecule has 1 amide bonds. The van der Waals surface area contributed by atoms with Gasteiger partial charge in [-0.2, -0.15) is 0 Å². The minimum atomic E-state index is -0.372. The lowest BCUT2D eigenvalue weighted by Gasteiger charge is -2.28. The van der Waals surface area contributed by atoms with Crippen molar-refractivity contribution in [2.24, 2.45) is 5.73 Å². The molecule has 1 aromatic heterocycles. The van der Waals surface area contributed by atoms with Crippen LogP contribution in [0.15, 0.2) is 67.1 Å². The van der Waals surface area contributed by atoms with E-state index >= 15 is 0 Å². The maximum absolute atomic E-state index is 10.6. The van der Waals surface area contributed by atoms with E-state index in [1.165, 1.54) is 30.5 Å². The van der Waals surface area contributed by atoms with Gasteiger partial charge in [0.15, 0.2) is 0 Å². The van der Waals surface area contributed by atoms with Crippen LogP contribution in [0.2, 0.25) is 0 Å². The summed E-state index contributed by atoms with van der Waals surface area (Å²) in [5, 5.41) is 0. The zero-order chi connectivity index (χ0) is 17.6. The number of benzene rings is 2. The summed E-state index contributed by atoms with van der Waals surface area (Å²) in [6.45, 7) is 1.92. The number of carbonyl (C=O) groups is 1. The van der Waals surface area contributed by atoms with Crippen LogP contribution in [0.3, 0.4) is 0 Å². The molecule has 0 radical (unpaired) electrons. The van der Waals surface area contributed by atoms with Gasteiger partial charge in [-0.3, -0.25) is 4.79 Å². The third-order valence-corrected chi connectivity index (χ3v) is 4.51. The van der Waals surface area contributed by atoms with E-state index in [2.05, 4.69) is 33.8 Å². The van der Waals surface area contributed by atoms with Crippen molar-refractivity contribution in [2.75, 3.05) is 0 Å². The van der Waals surface area contributed by atoms with Gasteiger partial charge in [-0.15, -0.1) is 0 Å². The number of hydrogen-bond acceptors (Lipinski definition) is 2. The quantitative estimate of drug-likeness (QED) is 0.773. The largest absolute Gasteiger partial charge is 0.366 e. The van der Waals surface area contributed by atoms with Crippen LogP contribution in [-0.2, 0) is 0 Å². The highest BCUT2D eigenvalue weighted by Gasteiger charge is 2.21. The van der Waals surface area contributed by atoms with Crippen LogP contribution in [0.1, 0.15) is 41.2 Å². The topological polar surface area (TPSA) is 60.9 Å². The summed E-state index contributed by atoms with van der Waals surface area (Å²) >= 11 is 0. The van der Waals surface area contributed by atoms with E-state index in [4.69, 9.17) is 5.73 Å². The van der Waals surface area contributed by atoms with Crippen LogP contribution in [0.4, 0.5) is 0 Å². The number of carbonyl (C=O) groups excluding carboxylic acids is 1. The third-order valence-electron chi connectivity index (χ3n) is 4.51. The van der Waals surface area contributed by atoms with Crippen molar-refractivity contribution in [3.05, 3.63) is 78.2 Å². The maximum Gasteiger partial charge on any atom is 0.248 e. The molecule has 1 aliphatic carbocycles. The molecule has 0 atom stereocenters. The first-order valence-corrected chi connectivity index (χ1v) is 8.59. The number of nitrogens with zero attached hydrogens (tertiary/aromatic N) is 2. The number of aromatic nitrogens is 2. The first-order valence-electron chi connectivity index (χ1n) is 8.59. The monoisotopic (exact) mass is 333 g/mol. The Morgan fingerprint density at radius 2 is 1.88 bits per heavy atom. The van der Waals surface area contributed by atoms with Gasteiger partial charge < -0.3 is 10.3 Å². The normalized spacial score (nSPS) is 13.5. The van der Waals surface area contributed by atoms with Crippen molar-refractivity contribution in [1.29, 1.82) is 0 Å². The molecule has 4 rings (SSSR count). The van der Waals surface area contributed by atoms with Crippen LogP contribution >= 0.6 is 0 Å². The zero-order valence-corrected chi connectivity index (χ0v) is 14.4. The van der Waals surface area contributed by atoms with Gasteiger partial charge in [0.05, 0.1) is 18.2 Å². The average Bonchev–Trinajstić information content (AvgIpc) is 3.04. The minimum absolute atomic E-state index is 0.372. The van der Waals surface area contributed by atoms with Gasteiger partial charge in [0.25, 0.3) is 0 Å². The van der Waals surface area contributed by atoms with E-state index in [-0.39, 0.29) is 5.91 Å². The summed E-state index contributed by atoms with van der Waals surface area (Å²) in [4.78, 5) is 14.8. The summed E-state index contributed by atoms with van der Waals surface area (Å²) in [5.74, 6) is -0.372. The molecule has 3 aromatic rings. The molecule has 1 saturated carbocycles. The molecule has 4 nitrogen and oxygen atoms in total. The molecule has 1 fully saturated rings. The van der Waals surface area contributed by atoms with Gasteiger partial charge >= 0.3 is 0 Å². The third kappa shape index (κ3) is 4.15. The second kappa shape index (κ2) is 7.79. The molecule has 25 heavy (non-hydrogen) atoms. The lowest BCUT2D eigenvalue weighted by molar-refractivity contribution is 0.1000. The van der Waals surface area contributed by atoms with Crippen molar-refractivity contribution < 1.29 is 4.79 Å². The van der Waals surface area contributed by atoms with Crippen molar-refractivity contribution in [3.63, 3.8) is 0 Å². The Morgan fingerprint density at radius 1 is 1.12 bits per heavy atom. The van der Waals surface area contributed by atoms with Gasteiger partial charge in [0, 0.05) is 11.6 Å². The molecule has 0 saturated heterocycles. The van der Waals surface area contributed by atoms with Crippen molar-refractivity contribution >= 4 is 5.91 Å². The smallest absolute Gasteiger partial charge is 0.248 e. The Bertz CT molecular complexity index is 835. The molecule has 0 spiro atoms. The summed E-state index contributed by atoms with van der Waals surface area (Å²) in [5.41, 5.74) is 9.18.